The van der Waals surface area contributed by atoms with E-state index in [0.29, 0.717) is 11.7 Å². The maximum absolute atomic E-state index is 5.87. The van der Waals surface area contributed by atoms with Gasteiger partial charge in [-0.1, -0.05) is 6.92 Å². The van der Waals surface area contributed by atoms with E-state index in [1.54, 1.807) is 0 Å². The SMILES string of the molecule is CCC1CN(C)CCCN1Cc1nc2ccc(N)cc2o1. The Morgan fingerprint density at radius 1 is 1.38 bits per heavy atom. The van der Waals surface area contributed by atoms with Gasteiger partial charge in [-0.15, -0.1) is 0 Å². The zero-order valence-electron chi connectivity index (χ0n) is 12.9. The second-order valence-electron chi connectivity index (χ2n) is 5.98. The summed E-state index contributed by atoms with van der Waals surface area (Å²) in [5, 5.41) is 0. The molecule has 1 atom stereocenters. The first-order valence-corrected chi connectivity index (χ1v) is 7.73. The van der Waals surface area contributed by atoms with Gasteiger partial charge in [-0.3, -0.25) is 4.90 Å². The molecular formula is C16H24N4O. The summed E-state index contributed by atoms with van der Waals surface area (Å²) in [6, 6.07) is 6.20. The summed E-state index contributed by atoms with van der Waals surface area (Å²) < 4.78 is 5.87. The molecule has 1 saturated heterocycles. The maximum atomic E-state index is 5.87. The number of rotatable bonds is 3. The average molecular weight is 288 g/mol. The number of nitrogens with two attached hydrogens (primary N) is 1. The predicted octanol–water partition coefficient (Wildman–Crippen LogP) is 2.33. The number of nitrogen functional groups attached to an aromatic ring is 1. The van der Waals surface area contributed by atoms with Crippen molar-refractivity contribution >= 4 is 16.8 Å². The summed E-state index contributed by atoms with van der Waals surface area (Å²) in [5.41, 5.74) is 8.18. The molecule has 1 aromatic carbocycles. The van der Waals surface area contributed by atoms with Gasteiger partial charge in [0.15, 0.2) is 5.58 Å². The van der Waals surface area contributed by atoms with E-state index in [-0.39, 0.29) is 0 Å². The zero-order valence-corrected chi connectivity index (χ0v) is 12.9. The number of benzene rings is 1. The molecule has 2 heterocycles. The minimum Gasteiger partial charge on any atom is -0.439 e. The van der Waals surface area contributed by atoms with Crippen molar-refractivity contribution in [3.8, 4) is 0 Å². The third kappa shape index (κ3) is 3.19. The van der Waals surface area contributed by atoms with Crippen LogP contribution in [0.3, 0.4) is 0 Å². The number of hydrogen-bond donors (Lipinski definition) is 1. The Kier molecular flexibility index (Phi) is 4.12. The highest BCUT2D eigenvalue weighted by atomic mass is 16.3. The molecule has 5 nitrogen and oxygen atoms in total. The van der Waals surface area contributed by atoms with E-state index in [1.165, 1.54) is 6.42 Å². The van der Waals surface area contributed by atoms with Crippen LogP contribution in [0.1, 0.15) is 25.7 Å². The lowest BCUT2D eigenvalue weighted by atomic mass is 10.2. The van der Waals surface area contributed by atoms with Crippen LogP contribution >= 0.6 is 0 Å². The van der Waals surface area contributed by atoms with Crippen LogP contribution in [0.4, 0.5) is 5.69 Å². The quantitative estimate of drug-likeness (QED) is 0.878. The van der Waals surface area contributed by atoms with Gasteiger partial charge < -0.3 is 15.1 Å². The molecule has 1 aliphatic rings. The molecule has 0 radical (unpaired) electrons. The number of fused-ring (bicyclic) bond motifs is 1. The highest BCUT2D eigenvalue weighted by molar-refractivity contribution is 5.76. The van der Waals surface area contributed by atoms with Crippen LogP contribution in [0, 0.1) is 0 Å². The second-order valence-corrected chi connectivity index (χ2v) is 5.98. The lowest BCUT2D eigenvalue weighted by Crippen LogP contribution is -2.39. The molecule has 2 N–H and O–H groups in total. The van der Waals surface area contributed by atoms with E-state index in [1.807, 2.05) is 18.2 Å². The normalized spacial score (nSPS) is 21.7. The van der Waals surface area contributed by atoms with Gasteiger partial charge >= 0.3 is 0 Å². The van der Waals surface area contributed by atoms with E-state index in [2.05, 4.69) is 28.8 Å². The van der Waals surface area contributed by atoms with Gasteiger partial charge in [0, 0.05) is 30.9 Å². The van der Waals surface area contributed by atoms with Crippen molar-refractivity contribution in [1.29, 1.82) is 0 Å². The third-order valence-corrected chi connectivity index (χ3v) is 4.29. The van der Waals surface area contributed by atoms with Crippen LogP contribution in [0.15, 0.2) is 22.6 Å². The maximum Gasteiger partial charge on any atom is 0.209 e. The molecule has 21 heavy (non-hydrogen) atoms. The highest BCUT2D eigenvalue weighted by Crippen LogP contribution is 2.21. The minimum absolute atomic E-state index is 0.567. The largest absolute Gasteiger partial charge is 0.439 e. The topological polar surface area (TPSA) is 58.5 Å². The third-order valence-electron chi connectivity index (χ3n) is 4.29. The number of nitrogens with zero attached hydrogens (tertiary/aromatic N) is 3. The van der Waals surface area contributed by atoms with Crippen molar-refractivity contribution in [1.82, 2.24) is 14.8 Å². The lowest BCUT2D eigenvalue weighted by molar-refractivity contribution is 0.163. The molecule has 1 aliphatic heterocycles. The number of anilines is 1. The number of oxazole rings is 1. The van der Waals surface area contributed by atoms with Gasteiger partial charge in [-0.2, -0.15) is 0 Å². The van der Waals surface area contributed by atoms with Crippen molar-refractivity contribution in [2.75, 3.05) is 32.4 Å². The summed E-state index contributed by atoms with van der Waals surface area (Å²) in [5.74, 6) is 0.790. The van der Waals surface area contributed by atoms with Crippen LogP contribution in [0.2, 0.25) is 0 Å². The molecule has 1 fully saturated rings. The van der Waals surface area contributed by atoms with Crippen molar-refractivity contribution in [3.63, 3.8) is 0 Å². The smallest absolute Gasteiger partial charge is 0.209 e. The van der Waals surface area contributed by atoms with Crippen LogP contribution in [-0.2, 0) is 6.54 Å². The van der Waals surface area contributed by atoms with Gasteiger partial charge in [0.25, 0.3) is 0 Å². The van der Waals surface area contributed by atoms with E-state index in [0.717, 1.165) is 49.6 Å². The van der Waals surface area contributed by atoms with Crippen molar-refractivity contribution in [3.05, 3.63) is 24.1 Å². The van der Waals surface area contributed by atoms with Crippen molar-refractivity contribution in [2.24, 2.45) is 0 Å². The molecule has 0 aliphatic carbocycles. The molecule has 1 unspecified atom stereocenters. The first-order chi connectivity index (χ1) is 10.2. The fourth-order valence-electron chi connectivity index (χ4n) is 3.12. The Hall–Kier alpha value is -1.59. The monoisotopic (exact) mass is 288 g/mol. The number of likely N-dealkylation sites (N-methyl/N-ethyl adjacent to an activating group) is 1. The molecule has 5 heteroatoms. The van der Waals surface area contributed by atoms with Crippen molar-refractivity contribution < 1.29 is 4.42 Å². The Bertz CT molecular complexity index is 609. The van der Waals surface area contributed by atoms with Gasteiger partial charge in [0.05, 0.1) is 6.54 Å². The average Bonchev–Trinajstić information content (AvgIpc) is 2.75. The van der Waals surface area contributed by atoms with Gasteiger partial charge in [-0.25, -0.2) is 4.98 Å². The fraction of sp³-hybridized carbons (Fsp3) is 0.562. The van der Waals surface area contributed by atoms with Crippen LogP contribution in [-0.4, -0.2) is 47.5 Å². The molecule has 114 valence electrons. The summed E-state index contributed by atoms with van der Waals surface area (Å²) in [4.78, 5) is 9.50. The molecule has 1 aromatic heterocycles. The Morgan fingerprint density at radius 3 is 3.05 bits per heavy atom. The summed E-state index contributed by atoms with van der Waals surface area (Å²) in [6.07, 6.45) is 2.34. The molecular weight excluding hydrogens is 264 g/mol. The predicted molar refractivity (Wildman–Crippen MR) is 85.0 cm³/mol. The first-order valence-electron chi connectivity index (χ1n) is 7.73. The molecule has 0 amide bonds. The van der Waals surface area contributed by atoms with Gasteiger partial charge in [-0.05, 0) is 38.6 Å². The number of aromatic nitrogens is 1. The summed E-state index contributed by atoms with van der Waals surface area (Å²) >= 11 is 0. The van der Waals surface area contributed by atoms with E-state index >= 15 is 0 Å². The van der Waals surface area contributed by atoms with Gasteiger partial charge in [0.2, 0.25) is 5.89 Å². The van der Waals surface area contributed by atoms with E-state index in [4.69, 9.17) is 10.2 Å². The first kappa shape index (κ1) is 14.4. The zero-order chi connectivity index (χ0) is 14.8. The molecule has 0 bridgehead atoms. The van der Waals surface area contributed by atoms with Crippen LogP contribution in [0.5, 0.6) is 0 Å². The minimum atomic E-state index is 0.567. The Labute approximate surface area is 125 Å². The Balaban J connectivity index is 1.79. The Morgan fingerprint density at radius 2 is 2.24 bits per heavy atom. The second kappa shape index (κ2) is 6.03. The molecule has 3 rings (SSSR count). The fourth-order valence-corrected chi connectivity index (χ4v) is 3.12. The van der Waals surface area contributed by atoms with Crippen LogP contribution in [0.25, 0.3) is 11.1 Å². The molecule has 0 saturated carbocycles. The van der Waals surface area contributed by atoms with E-state index < -0.39 is 0 Å². The standard InChI is InChI=1S/C16H24N4O/c1-3-13-10-19(2)7-4-8-20(13)11-16-18-14-6-5-12(17)9-15(14)21-16/h5-6,9,13H,3-4,7-8,10-11,17H2,1-2H3. The highest BCUT2D eigenvalue weighted by Gasteiger charge is 2.23. The summed E-state index contributed by atoms with van der Waals surface area (Å²) in [7, 11) is 2.20. The summed E-state index contributed by atoms with van der Waals surface area (Å²) in [6.45, 7) is 6.41. The van der Waals surface area contributed by atoms with E-state index in [9.17, 15) is 0 Å². The number of hydrogen-bond acceptors (Lipinski definition) is 5. The lowest BCUT2D eigenvalue weighted by Gasteiger charge is -2.28. The molecule has 2 aromatic rings. The van der Waals surface area contributed by atoms with Gasteiger partial charge in [0.1, 0.15) is 5.52 Å². The van der Waals surface area contributed by atoms with Crippen LogP contribution < -0.4 is 5.73 Å². The molecule has 0 spiro atoms. The van der Waals surface area contributed by atoms with Crippen molar-refractivity contribution in [2.45, 2.75) is 32.4 Å².